The first-order chi connectivity index (χ1) is 22.9. The molecule has 4 aromatic rings. The molecule has 1 fully saturated rings. The molecule has 3 heterocycles. The van der Waals surface area contributed by atoms with Crippen LogP contribution in [0.5, 0.6) is 0 Å². The maximum absolute atomic E-state index is 14.4. The van der Waals surface area contributed by atoms with E-state index in [-0.39, 0.29) is 23.8 Å². The number of nitrogens with zero attached hydrogens (tertiary/aromatic N) is 4. The molecule has 1 unspecified atom stereocenters. The number of carbonyl (C=O) groups excluding carboxylic acids is 1. The minimum Gasteiger partial charge on any atom is -0.366 e. The van der Waals surface area contributed by atoms with E-state index >= 15 is 0 Å². The Morgan fingerprint density at radius 2 is 1.54 bits per heavy atom. The summed E-state index contributed by atoms with van der Waals surface area (Å²) in [4.78, 5) is 21.8. The normalized spacial score (nSPS) is 17.1. The second-order valence-corrected chi connectivity index (χ2v) is 13.2. The van der Waals surface area contributed by atoms with E-state index in [1.54, 1.807) is 36.4 Å². The molecule has 1 atom stereocenters. The highest BCUT2D eigenvalue weighted by molar-refractivity contribution is 7.89. The lowest BCUT2D eigenvalue weighted by Gasteiger charge is -2.37. The number of rotatable bonds is 8. The lowest BCUT2D eigenvalue weighted by atomic mass is 10.1. The molecule has 48 heavy (non-hydrogen) atoms. The summed E-state index contributed by atoms with van der Waals surface area (Å²) in [6, 6.07) is 17.7. The topological polar surface area (TPSA) is 85.8 Å². The van der Waals surface area contributed by atoms with E-state index in [0.29, 0.717) is 54.5 Å². The molecule has 1 saturated heterocycles. The minimum absolute atomic E-state index is 0.0358. The monoisotopic (exact) mass is 683 g/mol. The number of sulfonamides is 1. The number of benzene rings is 3. The standard InChI is InChI=1S/C34H30F5N5O3S/c35-26-11-13-27(14-12-26)48(46,47)44-15-3-6-31(44)33(45)40-22-23-20-29(24-7-9-25(10-8-24)34(37,38)39)41-32(21-23)43-18-16-42(17-19-43)30-5-2-1-4-28(30)36/h1-14,20-21,31H,15-19,22H2,(H,40,45). The highest BCUT2D eigenvalue weighted by atomic mass is 32.2. The van der Waals surface area contributed by atoms with Crippen LogP contribution in [0.2, 0.25) is 0 Å². The molecule has 14 heteroatoms. The number of nitrogens with one attached hydrogen (secondary N) is 1. The Bertz CT molecular complexity index is 1930. The number of para-hydroxylation sites is 1. The smallest absolute Gasteiger partial charge is 0.366 e. The molecule has 1 amide bonds. The van der Waals surface area contributed by atoms with Crippen molar-refractivity contribution in [2.24, 2.45) is 0 Å². The van der Waals surface area contributed by atoms with Gasteiger partial charge in [-0.25, -0.2) is 22.2 Å². The summed E-state index contributed by atoms with van der Waals surface area (Å²) in [6.07, 6.45) is -1.48. The van der Waals surface area contributed by atoms with Gasteiger partial charge in [-0.1, -0.05) is 36.4 Å². The van der Waals surface area contributed by atoms with Crippen LogP contribution >= 0.6 is 0 Å². The highest BCUT2D eigenvalue weighted by Gasteiger charge is 2.36. The predicted molar refractivity (Wildman–Crippen MR) is 171 cm³/mol. The van der Waals surface area contributed by atoms with Gasteiger partial charge in [0.2, 0.25) is 15.9 Å². The predicted octanol–water partition coefficient (Wildman–Crippen LogP) is 5.62. The van der Waals surface area contributed by atoms with Crippen molar-refractivity contribution < 1.29 is 35.2 Å². The third-order valence-corrected chi connectivity index (χ3v) is 10.1. The Morgan fingerprint density at radius 3 is 2.21 bits per heavy atom. The summed E-state index contributed by atoms with van der Waals surface area (Å²) in [6.45, 7) is 1.86. The van der Waals surface area contributed by atoms with Crippen molar-refractivity contribution >= 4 is 27.4 Å². The van der Waals surface area contributed by atoms with Gasteiger partial charge in [0, 0.05) is 44.8 Å². The zero-order chi connectivity index (χ0) is 34.1. The number of piperazine rings is 1. The quantitative estimate of drug-likeness (QED) is 0.192. The van der Waals surface area contributed by atoms with Crippen molar-refractivity contribution in [1.29, 1.82) is 0 Å². The van der Waals surface area contributed by atoms with Gasteiger partial charge in [-0.15, -0.1) is 0 Å². The van der Waals surface area contributed by atoms with Gasteiger partial charge in [-0.3, -0.25) is 4.79 Å². The van der Waals surface area contributed by atoms with E-state index < -0.39 is 39.5 Å². The van der Waals surface area contributed by atoms with Crippen LogP contribution in [0.1, 0.15) is 11.1 Å². The van der Waals surface area contributed by atoms with E-state index in [4.69, 9.17) is 4.98 Å². The van der Waals surface area contributed by atoms with Crippen LogP contribution in [-0.4, -0.2) is 62.4 Å². The van der Waals surface area contributed by atoms with Crippen molar-refractivity contribution in [3.63, 3.8) is 0 Å². The maximum Gasteiger partial charge on any atom is 0.416 e. The van der Waals surface area contributed by atoms with E-state index in [2.05, 4.69) is 5.32 Å². The largest absolute Gasteiger partial charge is 0.416 e. The van der Waals surface area contributed by atoms with Crippen molar-refractivity contribution in [2.75, 3.05) is 42.5 Å². The second-order valence-electron chi connectivity index (χ2n) is 11.3. The van der Waals surface area contributed by atoms with E-state index in [1.165, 1.54) is 24.3 Å². The number of amides is 1. The van der Waals surface area contributed by atoms with Crippen molar-refractivity contribution in [2.45, 2.75) is 23.7 Å². The Kier molecular flexibility index (Phi) is 9.21. The highest BCUT2D eigenvalue weighted by Crippen LogP contribution is 2.32. The second kappa shape index (κ2) is 13.4. The number of halogens is 5. The van der Waals surface area contributed by atoms with Crippen LogP contribution < -0.4 is 15.1 Å². The maximum atomic E-state index is 14.4. The van der Waals surface area contributed by atoms with Gasteiger partial charge in [0.15, 0.2) is 0 Å². The zero-order valence-corrected chi connectivity index (χ0v) is 26.2. The number of hydrogen-bond acceptors (Lipinski definition) is 6. The first kappa shape index (κ1) is 33.1. The molecule has 0 spiro atoms. The fourth-order valence-electron chi connectivity index (χ4n) is 5.70. The lowest BCUT2D eigenvalue weighted by molar-refractivity contribution is -0.137. The molecule has 1 aromatic heterocycles. The van der Waals surface area contributed by atoms with Gasteiger partial charge in [-0.2, -0.15) is 17.5 Å². The van der Waals surface area contributed by atoms with Crippen LogP contribution in [0.25, 0.3) is 11.3 Å². The number of hydrogen-bond donors (Lipinski definition) is 1. The van der Waals surface area contributed by atoms with Crippen molar-refractivity contribution in [1.82, 2.24) is 14.6 Å². The molecule has 0 aliphatic carbocycles. The van der Waals surface area contributed by atoms with Crippen LogP contribution in [0.4, 0.5) is 33.5 Å². The molecule has 6 rings (SSSR count). The summed E-state index contributed by atoms with van der Waals surface area (Å²) < 4.78 is 95.1. The molecule has 0 bridgehead atoms. The summed E-state index contributed by atoms with van der Waals surface area (Å²) in [7, 11) is -4.12. The van der Waals surface area contributed by atoms with Gasteiger partial charge < -0.3 is 15.1 Å². The Labute approximate surface area is 274 Å². The molecule has 3 aromatic carbocycles. The molecule has 250 valence electrons. The third kappa shape index (κ3) is 7.04. The summed E-state index contributed by atoms with van der Waals surface area (Å²) >= 11 is 0. The fraction of sp³-hybridized carbons (Fsp3) is 0.235. The van der Waals surface area contributed by atoms with Crippen LogP contribution in [0.15, 0.2) is 102 Å². The average Bonchev–Trinajstić information content (AvgIpc) is 3.59. The summed E-state index contributed by atoms with van der Waals surface area (Å²) in [5, 5.41) is 2.77. The Hall–Kier alpha value is -4.82. The molecule has 2 aliphatic rings. The third-order valence-electron chi connectivity index (χ3n) is 8.25. The van der Waals surface area contributed by atoms with Gasteiger partial charge in [-0.05, 0) is 66.2 Å². The number of alkyl halides is 3. The summed E-state index contributed by atoms with van der Waals surface area (Å²) in [5.41, 5.74) is 1.07. The molecular weight excluding hydrogens is 653 g/mol. The van der Waals surface area contributed by atoms with Gasteiger partial charge >= 0.3 is 6.18 Å². The fourth-order valence-corrected chi connectivity index (χ4v) is 7.20. The SMILES string of the molecule is O=C(NCc1cc(-c2ccc(C(F)(F)F)cc2)nc(N2CCN(c3ccccc3F)CC2)c1)C1C=CCN1S(=O)(=O)c1ccc(F)cc1. The van der Waals surface area contributed by atoms with Crippen molar-refractivity contribution in [3.05, 3.63) is 120 Å². The van der Waals surface area contributed by atoms with E-state index in [1.807, 2.05) is 9.80 Å². The number of aromatic nitrogens is 1. The average molecular weight is 684 g/mol. The number of carbonyl (C=O) groups is 1. The zero-order valence-electron chi connectivity index (χ0n) is 25.4. The van der Waals surface area contributed by atoms with Crippen molar-refractivity contribution in [3.8, 4) is 11.3 Å². The molecule has 8 nitrogen and oxygen atoms in total. The first-order valence-electron chi connectivity index (χ1n) is 15.0. The van der Waals surface area contributed by atoms with Crippen LogP contribution in [0.3, 0.4) is 0 Å². The first-order valence-corrected chi connectivity index (χ1v) is 16.5. The lowest BCUT2D eigenvalue weighted by Crippen LogP contribution is -2.47. The van der Waals surface area contributed by atoms with E-state index in [9.17, 15) is 35.2 Å². The minimum atomic E-state index is -4.51. The summed E-state index contributed by atoms with van der Waals surface area (Å²) in [5.74, 6) is -0.997. The Morgan fingerprint density at radius 1 is 0.875 bits per heavy atom. The van der Waals surface area contributed by atoms with Crippen LogP contribution in [0, 0.1) is 11.6 Å². The molecule has 0 radical (unpaired) electrons. The van der Waals surface area contributed by atoms with Gasteiger partial charge in [0.05, 0.1) is 21.8 Å². The molecule has 2 aliphatic heterocycles. The Balaban J connectivity index is 1.23. The van der Waals surface area contributed by atoms with Crippen LogP contribution in [-0.2, 0) is 27.5 Å². The number of pyridine rings is 1. The molecule has 1 N–H and O–H groups in total. The molecule has 0 saturated carbocycles. The van der Waals surface area contributed by atoms with E-state index in [0.717, 1.165) is 40.7 Å². The van der Waals surface area contributed by atoms with Gasteiger partial charge in [0.1, 0.15) is 23.5 Å². The van der Waals surface area contributed by atoms with Gasteiger partial charge in [0.25, 0.3) is 0 Å². The molecular formula is C34H30F5N5O3S. The number of anilines is 2.